The molecule has 0 spiro atoms. The zero-order valence-electron chi connectivity index (χ0n) is 15.7. The Bertz CT molecular complexity index is 1120. The summed E-state index contributed by atoms with van der Waals surface area (Å²) in [6, 6.07) is 15.1. The van der Waals surface area contributed by atoms with Crippen molar-refractivity contribution in [1.82, 2.24) is 5.32 Å². The molecule has 3 rings (SSSR count). The van der Waals surface area contributed by atoms with Gasteiger partial charge >= 0.3 is 0 Å². The standard InChI is InChI=1S/C21H15ClN4O3S/c1-12-4-2-3-5-17(12)24-18(27)13(11-23)10-16-19(28)25-21(30)26(20(16)29)15-8-6-14(22)7-9-15/h2-10,16H,1H3,(H,24,27)(H,25,28,30)/b13-10-/t16-/m1/s1. The number of carbonyl (C=O) groups excluding carboxylic acids is 3. The smallest absolute Gasteiger partial charge is 0.266 e. The number of carbonyl (C=O) groups is 3. The van der Waals surface area contributed by atoms with E-state index in [-0.39, 0.29) is 10.7 Å². The number of rotatable bonds is 4. The number of amides is 3. The topological polar surface area (TPSA) is 102 Å². The van der Waals surface area contributed by atoms with Crippen molar-refractivity contribution in [1.29, 1.82) is 5.26 Å². The highest BCUT2D eigenvalue weighted by molar-refractivity contribution is 7.80. The van der Waals surface area contributed by atoms with Crippen LogP contribution in [0, 0.1) is 24.2 Å². The molecule has 1 fully saturated rings. The van der Waals surface area contributed by atoms with E-state index in [0.717, 1.165) is 16.5 Å². The van der Waals surface area contributed by atoms with Crippen LogP contribution in [0.5, 0.6) is 0 Å². The molecule has 1 saturated heterocycles. The second-order valence-electron chi connectivity index (χ2n) is 6.38. The molecular formula is C21H15ClN4O3S. The Labute approximate surface area is 182 Å². The van der Waals surface area contributed by atoms with Crippen LogP contribution in [0.4, 0.5) is 11.4 Å². The monoisotopic (exact) mass is 438 g/mol. The molecule has 1 heterocycles. The summed E-state index contributed by atoms with van der Waals surface area (Å²) in [5.74, 6) is -3.52. The fourth-order valence-electron chi connectivity index (χ4n) is 2.81. The molecule has 0 saturated carbocycles. The summed E-state index contributed by atoms with van der Waals surface area (Å²) in [6.45, 7) is 1.80. The van der Waals surface area contributed by atoms with Crippen LogP contribution in [-0.2, 0) is 14.4 Å². The Morgan fingerprint density at radius 1 is 1.23 bits per heavy atom. The number of nitriles is 1. The Morgan fingerprint density at radius 2 is 1.90 bits per heavy atom. The number of hydrogen-bond donors (Lipinski definition) is 2. The number of hydrogen-bond acceptors (Lipinski definition) is 5. The van der Waals surface area contributed by atoms with Gasteiger partial charge < -0.3 is 10.6 Å². The molecule has 2 aromatic carbocycles. The van der Waals surface area contributed by atoms with Gasteiger partial charge in [-0.3, -0.25) is 19.3 Å². The molecule has 1 atom stereocenters. The number of anilines is 2. The predicted octanol–water partition coefficient (Wildman–Crippen LogP) is 3.10. The van der Waals surface area contributed by atoms with Crippen LogP contribution >= 0.6 is 23.8 Å². The second-order valence-corrected chi connectivity index (χ2v) is 7.21. The Balaban J connectivity index is 1.89. The molecule has 30 heavy (non-hydrogen) atoms. The molecule has 0 radical (unpaired) electrons. The van der Waals surface area contributed by atoms with Gasteiger partial charge in [0.05, 0.1) is 5.69 Å². The molecule has 0 aromatic heterocycles. The first kappa shape index (κ1) is 21.2. The lowest BCUT2D eigenvalue weighted by Gasteiger charge is -2.31. The number of benzene rings is 2. The number of halogens is 1. The highest BCUT2D eigenvalue weighted by Gasteiger charge is 2.38. The minimum absolute atomic E-state index is 0.0974. The fraction of sp³-hybridized carbons (Fsp3) is 0.0952. The molecule has 2 aromatic rings. The van der Waals surface area contributed by atoms with Crippen LogP contribution in [0.1, 0.15) is 5.56 Å². The van der Waals surface area contributed by atoms with Gasteiger partial charge in [-0.2, -0.15) is 5.26 Å². The SMILES string of the molecule is Cc1ccccc1NC(=O)/C(C#N)=C\[C@@H]1C(=O)NC(=S)N(c2ccc(Cl)cc2)C1=O. The number of para-hydroxylation sites is 1. The number of aryl methyl sites for hydroxylation is 1. The summed E-state index contributed by atoms with van der Waals surface area (Å²) >= 11 is 11.0. The average Bonchev–Trinajstić information content (AvgIpc) is 2.71. The van der Waals surface area contributed by atoms with E-state index in [0.29, 0.717) is 16.4 Å². The molecule has 9 heteroatoms. The second kappa shape index (κ2) is 8.86. The third kappa shape index (κ3) is 4.38. The highest BCUT2D eigenvalue weighted by Crippen LogP contribution is 2.24. The Morgan fingerprint density at radius 3 is 2.53 bits per heavy atom. The lowest BCUT2D eigenvalue weighted by atomic mass is 10.0. The van der Waals surface area contributed by atoms with Gasteiger partial charge in [0.1, 0.15) is 17.6 Å². The van der Waals surface area contributed by atoms with Crippen LogP contribution in [0.2, 0.25) is 5.02 Å². The van der Waals surface area contributed by atoms with Crippen molar-refractivity contribution in [3.05, 3.63) is 70.8 Å². The van der Waals surface area contributed by atoms with Crippen molar-refractivity contribution in [2.45, 2.75) is 6.92 Å². The maximum Gasteiger partial charge on any atom is 0.266 e. The summed E-state index contributed by atoms with van der Waals surface area (Å²) in [5, 5.41) is 14.8. The molecular weight excluding hydrogens is 424 g/mol. The lowest BCUT2D eigenvalue weighted by Crippen LogP contribution is -2.57. The summed E-state index contributed by atoms with van der Waals surface area (Å²) in [7, 11) is 0. The van der Waals surface area contributed by atoms with E-state index in [1.54, 1.807) is 55.5 Å². The van der Waals surface area contributed by atoms with E-state index in [2.05, 4.69) is 10.6 Å². The molecule has 1 aliphatic heterocycles. The van der Waals surface area contributed by atoms with E-state index in [4.69, 9.17) is 23.8 Å². The van der Waals surface area contributed by atoms with Crippen molar-refractivity contribution >= 4 is 58.0 Å². The van der Waals surface area contributed by atoms with Gasteiger partial charge in [0.15, 0.2) is 5.11 Å². The highest BCUT2D eigenvalue weighted by atomic mass is 35.5. The largest absolute Gasteiger partial charge is 0.321 e. The van der Waals surface area contributed by atoms with Crippen molar-refractivity contribution in [2.75, 3.05) is 10.2 Å². The van der Waals surface area contributed by atoms with Crippen LogP contribution in [0.3, 0.4) is 0 Å². The molecule has 1 aliphatic rings. The zero-order chi connectivity index (χ0) is 21.8. The maximum atomic E-state index is 13.0. The van der Waals surface area contributed by atoms with Gasteiger partial charge in [0.2, 0.25) is 11.8 Å². The van der Waals surface area contributed by atoms with Crippen molar-refractivity contribution in [2.24, 2.45) is 5.92 Å². The lowest BCUT2D eigenvalue weighted by molar-refractivity contribution is -0.131. The first-order valence-electron chi connectivity index (χ1n) is 8.75. The minimum Gasteiger partial charge on any atom is -0.321 e. The van der Waals surface area contributed by atoms with Crippen LogP contribution in [0.25, 0.3) is 0 Å². The third-order valence-electron chi connectivity index (χ3n) is 4.38. The predicted molar refractivity (Wildman–Crippen MR) is 117 cm³/mol. The van der Waals surface area contributed by atoms with Crippen LogP contribution < -0.4 is 15.5 Å². The van der Waals surface area contributed by atoms with Crippen LogP contribution in [-0.4, -0.2) is 22.8 Å². The van der Waals surface area contributed by atoms with Gasteiger partial charge in [-0.1, -0.05) is 29.8 Å². The van der Waals surface area contributed by atoms with E-state index in [1.807, 2.05) is 6.07 Å². The number of nitrogens with zero attached hydrogens (tertiary/aromatic N) is 2. The van der Waals surface area contributed by atoms with Gasteiger partial charge in [-0.05, 0) is 61.1 Å². The molecule has 0 bridgehead atoms. The van der Waals surface area contributed by atoms with Gasteiger partial charge in [-0.25, -0.2) is 0 Å². The first-order valence-corrected chi connectivity index (χ1v) is 9.53. The van der Waals surface area contributed by atoms with E-state index >= 15 is 0 Å². The van der Waals surface area contributed by atoms with E-state index in [9.17, 15) is 19.6 Å². The van der Waals surface area contributed by atoms with Crippen molar-refractivity contribution in [3.63, 3.8) is 0 Å². The zero-order valence-corrected chi connectivity index (χ0v) is 17.3. The number of thiocarbonyl (C=S) groups is 1. The summed E-state index contributed by atoms with van der Waals surface area (Å²) in [4.78, 5) is 39.0. The molecule has 0 unspecified atom stereocenters. The Hall–Kier alpha value is -3.54. The summed E-state index contributed by atoms with van der Waals surface area (Å²) in [6.07, 6.45) is 1.04. The normalized spacial score (nSPS) is 16.7. The maximum absolute atomic E-state index is 13.0. The number of nitrogens with one attached hydrogen (secondary N) is 2. The van der Waals surface area contributed by atoms with E-state index < -0.39 is 23.6 Å². The molecule has 0 aliphatic carbocycles. The Kier molecular flexibility index (Phi) is 6.26. The molecule has 150 valence electrons. The van der Waals surface area contributed by atoms with Gasteiger partial charge in [0.25, 0.3) is 5.91 Å². The summed E-state index contributed by atoms with van der Waals surface area (Å²) in [5.41, 5.74) is 1.35. The molecule has 7 nitrogen and oxygen atoms in total. The van der Waals surface area contributed by atoms with Gasteiger partial charge in [-0.15, -0.1) is 0 Å². The third-order valence-corrected chi connectivity index (χ3v) is 4.92. The molecule has 2 N–H and O–H groups in total. The van der Waals surface area contributed by atoms with Gasteiger partial charge in [0, 0.05) is 10.7 Å². The van der Waals surface area contributed by atoms with Crippen molar-refractivity contribution in [3.8, 4) is 6.07 Å². The first-order chi connectivity index (χ1) is 14.3. The summed E-state index contributed by atoms with van der Waals surface area (Å²) < 4.78 is 0. The quantitative estimate of drug-likeness (QED) is 0.330. The molecule has 3 amide bonds. The van der Waals surface area contributed by atoms with Crippen LogP contribution in [0.15, 0.2) is 60.2 Å². The average molecular weight is 439 g/mol. The minimum atomic E-state index is -1.40. The fourth-order valence-corrected chi connectivity index (χ4v) is 3.23. The van der Waals surface area contributed by atoms with E-state index in [1.165, 1.54) is 0 Å². The van der Waals surface area contributed by atoms with Crippen molar-refractivity contribution < 1.29 is 14.4 Å².